The fraction of sp³-hybridized carbons (Fsp3) is 0.596. The number of benzene rings is 2. The summed E-state index contributed by atoms with van der Waals surface area (Å²) in [6, 6.07) is 10.1. The van der Waals surface area contributed by atoms with Gasteiger partial charge in [0.15, 0.2) is 0 Å². The molecule has 0 bridgehead atoms. The van der Waals surface area contributed by atoms with E-state index in [1.54, 1.807) is 17.0 Å². The highest BCUT2D eigenvalue weighted by Gasteiger charge is 2.36. The van der Waals surface area contributed by atoms with E-state index in [-0.39, 0.29) is 47.3 Å². The Morgan fingerprint density at radius 1 is 0.723 bits per heavy atom. The number of piperidine rings is 2. The Labute approximate surface area is 378 Å². The molecule has 16 nitrogen and oxygen atoms in total. The number of nitrogens with zero attached hydrogens (tertiary/aromatic N) is 11. The first-order valence-electron chi connectivity index (χ1n) is 23.3. The van der Waals surface area contributed by atoms with Gasteiger partial charge in [-0.3, -0.25) is 0 Å². The second kappa shape index (κ2) is 18.5. The molecule has 348 valence electrons. The summed E-state index contributed by atoms with van der Waals surface area (Å²) in [5, 5.41) is 22.4. The smallest absolute Gasteiger partial charge is 0.410 e. The van der Waals surface area contributed by atoms with Crippen molar-refractivity contribution in [1.29, 1.82) is 0 Å². The van der Waals surface area contributed by atoms with Gasteiger partial charge in [-0.25, -0.2) is 13.6 Å². The van der Waals surface area contributed by atoms with E-state index in [1.165, 1.54) is 28.0 Å². The Balaban J connectivity index is 0.000000168. The molecule has 8 heterocycles. The molecule has 4 aliphatic rings. The standard InChI is InChI=1S/C26H35FN6O3.C21H27FN6O/c1-16(2)21-19-7-6-8-20(27)22(19)33(29-21)24-28-23(36-30-24)18-9-11-31(12-10-18)13-17-14-32(15-17)25(34)35-26(3,4)5;1-13(2)18-16-4-3-5-17(22)19(16)28(25-18)21-24-20(29-26-21)15-6-8-27(9-7-15)12-14-10-23-11-14/h6-8,16-18H,9-15H2,1-5H3;3-5,13-15,23H,6-12H2,1-2H3. The molecule has 2 aromatic carbocycles. The van der Waals surface area contributed by atoms with Crippen LogP contribution >= 0.6 is 0 Å². The number of likely N-dealkylation sites (tertiary alicyclic amines) is 3. The van der Waals surface area contributed by atoms with Crippen LogP contribution in [0.1, 0.15) is 121 Å². The number of ether oxygens (including phenoxy) is 1. The van der Waals surface area contributed by atoms with Gasteiger partial charge in [0.25, 0.3) is 11.9 Å². The SMILES string of the molecule is CC(C)c1nn(-c2noc(C3CCN(CC4CN(C(=O)OC(C)(C)C)C4)CC3)n2)c2c(F)cccc12.CC(C)c1nn(-c2noc(C3CCN(CC4CNC4)CC3)n2)c2c(F)cccc12. The topological polar surface area (TPSA) is 162 Å². The second-order valence-electron chi connectivity index (χ2n) is 20.0. The number of fused-ring (bicyclic) bond motifs is 2. The summed E-state index contributed by atoms with van der Waals surface area (Å²) < 4.78 is 48.9. The molecular formula is C47H62F2N12O4. The zero-order chi connectivity index (χ0) is 45.6. The van der Waals surface area contributed by atoms with E-state index < -0.39 is 5.60 Å². The molecule has 4 aliphatic heterocycles. The summed E-state index contributed by atoms with van der Waals surface area (Å²) in [6.07, 6.45) is 3.61. The molecule has 10 rings (SSSR count). The van der Waals surface area contributed by atoms with Crippen LogP contribution in [0.4, 0.5) is 13.6 Å². The van der Waals surface area contributed by atoms with E-state index in [4.69, 9.17) is 13.8 Å². The van der Waals surface area contributed by atoms with Crippen LogP contribution in [0.15, 0.2) is 45.4 Å². The average Bonchev–Trinajstić information content (AvgIpc) is 4.06. The molecule has 0 saturated carbocycles. The molecular weight excluding hydrogens is 835 g/mol. The molecule has 0 unspecified atom stereocenters. The molecule has 0 atom stereocenters. The number of aromatic nitrogens is 8. The van der Waals surface area contributed by atoms with Gasteiger partial charge in [-0.05, 0) is 113 Å². The van der Waals surface area contributed by atoms with Crippen molar-refractivity contribution in [3.05, 3.63) is 71.2 Å². The average molecular weight is 897 g/mol. The van der Waals surface area contributed by atoms with Crippen LogP contribution in [-0.2, 0) is 4.74 Å². The van der Waals surface area contributed by atoms with Gasteiger partial charge in [0, 0.05) is 67.8 Å². The minimum atomic E-state index is -0.464. The van der Waals surface area contributed by atoms with E-state index in [2.05, 4.69) is 45.6 Å². The van der Waals surface area contributed by atoms with Crippen molar-refractivity contribution >= 4 is 27.9 Å². The van der Waals surface area contributed by atoms with Gasteiger partial charge in [0.05, 0.1) is 11.4 Å². The number of carbonyl (C=O) groups excluding carboxylic acids is 1. The lowest BCUT2D eigenvalue weighted by atomic mass is 9.94. The summed E-state index contributed by atoms with van der Waals surface area (Å²) >= 11 is 0. The summed E-state index contributed by atoms with van der Waals surface area (Å²) in [4.78, 5) is 28.1. The third kappa shape index (κ3) is 9.66. The van der Waals surface area contributed by atoms with Gasteiger partial charge < -0.3 is 33.8 Å². The molecule has 1 amide bonds. The van der Waals surface area contributed by atoms with Gasteiger partial charge in [-0.2, -0.15) is 29.5 Å². The van der Waals surface area contributed by atoms with Gasteiger partial charge in [-0.1, -0.05) is 52.0 Å². The van der Waals surface area contributed by atoms with Gasteiger partial charge in [0.1, 0.15) is 28.3 Å². The summed E-state index contributed by atoms with van der Waals surface area (Å²) in [6.45, 7) is 23.7. The largest absolute Gasteiger partial charge is 0.444 e. The number of carbonyl (C=O) groups is 1. The maximum atomic E-state index is 14.7. The maximum absolute atomic E-state index is 14.7. The summed E-state index contributed by atoms with van der Waals surface area (Å²) in [5.41, 5.74) is 1.97. The Morgan fingerprint density at radius 3 is 1.57 bits per heavy atom. The van der Waals surface area contributed by atoms with E-state index >= 15 is 0 Å². The predicted octanol–water partition coefficient (Wildman–Crippen LogP) is 7.79. The van der Waals surface area contributed by atoms with Crippen LogP contribution < -0.4 is 5.32 Å². The van der Waals surface area contributed by atoms with Crippen LogP contribution in [0.2, 0.25) is 0 Å². The Bertz CT molecular complexity index is 2590. The van der Waals surface area contributed by atoms with Crippen molar-refractivity contribution in [1.82, 2.24) is 59.9 Å². The van der Waals surface area contributed by atoms with Crippen molar-refractivity contribution in [3.8, 4) is 11.9 Å². The summed E-state index contributed by atoms with van der Waals surface area (Å²) in [5.74, 6) is 3.10. The highest BCUT2D eigenvalue weighted by molar-refractivity contribution is 5.85. The fourth-order valence-electron chi connectivity index (χ4n) is 9.49. The predicted molar refractivity (Wildman–Crippen MR) is 240 cm³/mol. The third-order valence-electron chi connectivity index (χ3n) is 13.1. The maximum Gasteiger partial charge on any atom is 0.410 e. The number of hydrogen-bond donors (Lipinski definition) is 1. The molecule has 0 aliphatic carbocycles. The van der Waals surface area contributed by atoms with Gasteiger partial charge >= 0.3 is 6.09 Å². The molecule has 6 aromatic rings. The van der Waals surface area contributed by atoms with Crippen LogP contribution in [0.5, 0.6) is 0 Å². The summed E-state index contributed by atoms with van der Waals surface area (Å²) in [7, 11) is 0. The van der Waals surface area contributed by atoms with E-state index in [0.717, 1.165) is 113 Å². The first kappa shape index (κ1) is 44.9. The quantitative estimate of drug-likeness (QED) is 0.142. The molecule has 18 heteroatoms. The number of para-hydroxylation sites is 2. The molecule has 4 saturated heterocycles. The van der Waals surface area contributed by atoms with Crippen molar-refractivity contribution in [2.45, 2.75) is 103 Å². The monoisotopic (exact) mass is 896 g/mol. The first-order valence-corrected chi connectivity index (χ1v) is 23.3. The molecule has 4 fully saturated rings. The lowest BCUT2D eigenvalue weighted by Crippen LogP contribution is -2.55. The van der Waals surface area contributed by atoms with E-state index in [0.29, 0.717) is 34.7 Å². The van der Waals surface area contributed by atoms with Crippen molar-refractivity contribution < 1.29 is 27.4 Å². The normalized spacial score (nSPS) is 18.7. The van der Waals surface area contributed by atoms with Crippen LogP contribution in [-0.4, -0.2) is 132 Å². The van der Waals surface area contributed by atoms with Crippen LogP contribution in [0, 0.1) is 23.5 Å². The Hall–Kier alpha value is -5.33. The first-order chi connectivity index (χ1) is 31.2. The number of hydrogen-bond acceptors (Lipinski definition) is 13. The van der Waals surface area contributed by atoms with Gasteiger partial charge in [0.2, 0.25) is 11.8 Å². The van der Waals surface area contributed by atoms with E-state index in [1.807, 2.05) is 60.6 Å². The third-order valence-corrected chi connectivity index (χ3v) is 13.1. The molecule has 0 radical (unpaired) electrons. The van der Waals surface area contributed by atoms with Crippen LogP contribution in [0.25, 0.3) is 33.7 Å². The lowest BCUT2D eigenvalue weighted by Gasteiger charge is -2.43. The molecule has 0 spiro atoms. The van der Waals surface area contributed by atoms with E-state index in [9.17, 15) is 13.6 Å². The number of rotatable bonds is 10. The zero-order valence-electron chi connectivity index (χ0n) is 38.6. The minimum absolute atomic E-state index is 0.137. The van der Waals surface area contributed by atoms with Gasteiger partial charge in [-0.15, -0.1) is 0 Å². The second-order valence-corrected chi connectivity index (χ2v) is 20.0. The van der Waals surface area contributed by atoms with Crippen molar-refractivity contribution in [3.63, 3.8) is 0 Å². The highest BCUT2D eigenvalue weighted by atomic mass is 19.1. The molecule has 1 N–H and O–H groups in total. The van der Waals surface area contributed by atoms with Crippen molar-refractivity contribution in [2.75, 3.05) is 65.4 Å². The fourth-order valence-corrected chi connectivity index (χ4v) is 9.49. The number of halogens is 2. The molecule has 4 aromatic heterocycles. The Kier molecular flexibility index (Phi) is 12.8. The number of nitrogens with one attached hydrogen (secondary N) is 1. The number of amides is 1. The molecule has 65 heavy (non-hydrogen) atoms. The highest BCUT2D eigenvalue weighted by Crippen LogP contribution is 2.34. The lowest BCUT2D eigenvalue weighted by molar-refractivity contribution is -0.00767. The zero-order valence-corrected chi connectivity index (χ0v) is 38.6. The van der Waals surface area contributed by atoms with Crippen molar-refractivity contribution in [2.24, 2.45) is 11.8 Å². The van der Waals surface area contributed by atoms with Crippen LogP contribution in [0.3, 0.4) is 0 Å². The Morgan fingerprint density at radius 2 is 1.17 bits per heavy atom. The minimum Gasteiger partial charge on any atom is -0.444 e.